The predicted molar refractivity (Wildman–Crippen MR) is 128 cm³/mol. The van der Waals surface area contributed by atoms with E-state index in [4.69, 9.17) is 4.74 Å². The third kappa shape index (κ3) is 5.75. The molecule has 0 spiro atoms. The summed E-state index contributed by atoms with van der Waals surface area (Å²) in [5.41, 5.74) is 0.0760. The van der Waals surface area contributed by atoms with Crippen LogP contribution in [0.3, 0.4) is 0 Å². The molecule has 3 rings (SSSR count). The standard InChI is InChI=1S/C23H32N4O5S/c1-4-18(3)33(30,31)25-23(5-2,22(28)29)32-21-8-6-19(7-9-21)26-14-16-27(17-15-26)20-10-12-24-13-11-20/h6-13,18,25H,4-5,14-17H2,1-3H3,(H,28,29). The van der Waals surface area contributed by atoms with Gasteiger partial charge in [-0.1, -0.05) is 13.8 Å². The molecule has 0 aliphatic carbocycles. The minimum atomic E-state index is -3.87. The molecule has 10 heteroatoms. The Labute approximate surface area is 195 Å². The zero-order chi connectivity index (χ0) is 24.1. The first-order chi connectivity index (χ1) is 15.7. The normalized spacial score (nSPS) is 17.3. The van der Waals surface area contributed by atoms with Gasteiger partial charge in [-0.3, -0.25) is 4.98 Å². The number of aromatic nitrogens is 1. The maximum atomic E-state index is 12.6. The van der Waals surface area contributed by atoms with Gasteiger partial charge in [0, 0.05) is 56.4 Å². The van der Waals surface area contributed by atoms with Crippen molar-refractivity contribution in [3.63, 3.8) is 0 Å². The molecule has 9 nitrogen and oxygen atoms in total. The maximum Gasteiger partial charge on any atom is 0.364 e. The molecule has 2 N–H and O–H groups in total. The summed E-state index contributed by atoms with van der Waals surface area (Å²) in [6.45, 7) is 8.26. The number of nitrogens with zero attached hydrogens (tertiary/aromatic N) is 3. The smallest absolute Gasteiger partial charge is 0.364 e. The molecule has 180 valence electrons. The Hall–Kier alpha value is -2.85. The summed E-state index contributed by atoms with van der Waals surface area (Å²) in [4.78, 5) is 20.7. The van der Waals surface area contributed by atoms with Crippen LogP contribution in [0, 0.1) is 0 Å². The second-order valence-corrected chi connectivity index (χ2v) is 10.2. The average molecular weight is 477 g/mol. The molecule has 0 saturated carbocycles. The van der Waals surface area contributed by atoms with Crippen LogP contribution in [0.1, 0.15) is 33.6 Å². The van der Waals surface area contributed by atoms with Crippen LogP contribution in [0.2, 0.25) is 0 Å². The number of hydrogen-bond acceptors (Lipinski definition) is 7. The van der Waals surface area contributed by atoms with Gasteiger partial charge in [0.25, 0.3) is 5.72 Å². The monoisotopic (exact) mass is 476 g/mol. The van der Waals surface area contributed by atoms with Crippen molar-refractivity contribution in [3.05, 3.63) is 48.8 Å². The van der Waals surface area contributed by atoms with Crippen LogP contribution in [-0.2, 0) is 14.8 Å². The molecule has 2 aromatic rings. The molecule has 0 amide bonds. The molecular weight excluding hydrogens is 444 g/mol. The third-order valence-corrected chi connectivity index (χ3v) is 8.06. The van der Waals surface area contributed by atoms with Crippen LogP contribution >= 0.6 is 0 Å². The van der Waals surface area contributed by atoms with Crippen molar-refractivity contribution in [1.29, 1.82) is 0 Å². The first kappa shape index (κ1) is 24.8. The number of pyridine rings is 1. The number of nitrogens with one attached hydrogen (secondary N) is 1. The Kier molecular flexibility index (Phi) is 7.80. The molecule has 1 aromatic carbocycles. The summed E-state index contributed by atoms with van der Waals surface area (Å²) >= 11 is 0. The topological polar surface area (TPSA) is 112 Å². The number of carboxylic acid groups (broad SMARTS) is 1. The lowest BCUT2D eigenvalue weighted by atomic mass is 10.1. The number of ether oxygens (including phenoxy) is 1. The zero-order valence-electron chi connectivity index (χ0n) is 19.3. The van der Waals surface area contributed by atoms with Crippen molar-refractivity contribution in [2.24, 2.45) is 0 Å². The number of carbonyl (C=O) groups is 1. The molecule has 33 heavy (non-hydrogen) atoms. The number of piperazine rings is 1. The van der Waals surface area contributed by atoms with E-state index in [1.54, 1.807) is 38.4 Å². The Morgan fingerprint density at radius 2 is 1.58 bits per heavy atom. The van der Waals surface area contributed by atoms with Gasteiger partial charge in [0.1, 0.15) is 5.75 Å². The number of anilines is 2. The molecule has 2 unspecified atom stereocenters. The van der Waals surface area contributed by atoms with Gasteiger partial charge in [-0.25, -0.2) is 13.2 Å². The second kappa shape index (κ2) is 10.4. The largest absolute Gasteiger partial charge is 0.477 e. The highest BCUT2D eigenvalue weighted by Gasteiger charge is 2.44. The fraction of sp³-hybridized carbons (Fsp3) is 0.478. The Morgan fingerprint density at radius 3 is 2.03 bits per heavy atom. The summed E-state index contributed by atoms with van der Waals surface area (Å²) in [7, 11) is -3.87. The van der Waals surface area contributed by atoms with Crippen LogP contribution in [0.25, 0.3) is 0 Å². The van der Waals surface area contributed by atoms with Gasteiger partial charge in [-0.2, -0.15) is 4.72 Å². The van der Waals surface area contributed by atoms with E-state index in [2.05, 4.69) is 19.5 Å². The van der Waals surface area contributed by atoms with E-state index in [-0.39, 0.29) is 12.2 Å². The number of carboxylic acids is 1. The molecule has 0 radical (unpaired) electrons. The first-order valence-corrected chi connectivity index (χ1v) is 12.7. The highest BCUT2D eigenvalue weighted by Crippen LogP contribution is 2.26. The van der Waals surface area contributed by atoms with Gasteiger partial charge < -0.3 is 19.6 Å². The summed E-state index contributed by atoms with van der Waals surface area (Å²) in [6, 6.07) is 11.1. The van der Waals surface area contributed by atoms with E-state index < -0.39 is 27.0 Å². The lowest BCUT2D eigenvalue weighted by Crippen LogP contribution is -2.59. The molecule has 2 heterocycles. The summed E-state index contributed by atoms with van der Waals surface area (Å²) in [5, 5.41) is 9.07. The van der Waals surface area contributed by atoms with Crippen molar-refractivity contribution in [1.82, 2.24) is 9.71 Å². The van der Waals surface area contributed by atoms with E-state index in [9.17, 15) is 18.3 Å². The van der Waals surface area contributed by atoms with Gasteiger partial charge in [-0.15, -0.1) is 0 Å². The van der Waals surface area contributed by atoms with Gasteiger partial charge in [-0.05, 0) is 49.7 Å². The summed E-state index contributed by atoms with van der Waals surface area (Å²) < 4.78 is 33.1. The Balaban J connectivity index is 1.69. The van der Waals surface area contributed by atoms with Gasteiger partial charge in [0.15, 0.2) is 0 Å². The average Bonchev–Trinajstić information content (AvgIpc) is 2.84. The quantitative estimate of drug-likeness (QED) is 0.504. The number of hydrogen-bond donors (Lipinski definition) is 2. The van der Waals surface area contributed by atoms with Gasteiger partial charge >= 0.3 is 5.97 Å². The fourth-order valence-corrected chi connectivity index (χ4v) is 5.03. The molecular formula is C23H32N4O5S. The van der Waals surface area contributed by atoms with E-state index in [1.807, 2.05) is 24.3 Å². The lowest BCUT2D eigenvalue weighted by molar-refractivity contribution is -0.157. The van der Waals surface area contributed by atoms with Crippen molar-refractivity contribution >= 4 is 27.4 Å². The minimum Gasteiger partial charge on any atom is -0.477 e. The Bertz CT molecular complexity index is 1020. The predicted octanol–water partition coefficient (Wildman–Crippen LogP) is 2.70. The van der Waals surface area contributed by atoms with Crippen molar-refractivity contribution in [2.75, 3.05) is 36.0 Å². The van der Waals surface area contributed by atoms with Crippen molar-refractivity contribution < 1.29 is 23.1 Å². The van der Waals surface area contributed by atoms with Crippen LogP contribution in [0.15, 0.2) is 48.8 Å². The molecule has 0 bridgehead atoms. The maximum absolute atomic E-state index is 12.6. The molecule has 1 aliphatic heterocycles. The summed E-state index contributed by atoms with van der Waals surface area (Å²) in [5.74, 6) is -1.10. The molecule has 1 aliphatic rings. The van der Waals surface area contributed by atoms with Crippen LogP contribution in [0.5, 0.6) is 5.75 Å². The highest BCUT2D eigenvalue weighted by molar-refractivity contribution is 7.90. The van der Waals surface area contributed by atoms with Crippen molar-refractivity contribution in [3.8, 4) is 5.75 Å². The second-order valence-electron chi connectivity index (χ2n) is 8.13. The minimum absolute atomic E-state index is 0.0727. The number of rotatable bonds is 10. The molecule has 1 fully saturated rings. The SMILES string of the molecule is CCC(C)S(=O)(=O)NC(CC)(Oc1ccc(N2CCN(c3ccncc3)CC2)cc1)C(=O)O. The Morgan fingerprint density at radius 1 is 1.06 bits per heavy atom. The number of sulfonamides is 1. The third-order valence-electron chi connectivity index (χ3n) is 6.06. The van der Waals surface area contributed by atoms with E-state index in [0.717, 1.165) is 37.6 Å². The van der Waals surface area contributed by atoms with E-state index >= 15 is 0 Å². The molecule has 1 saturated heterocycles. The van der Waals surface area contributed by atoms with Crippen LogP contribution in [0.4, 0.5) is 11.4 Å². The number of aliphatic carboxylic acids is 1. The van der Waals surface area contributed by atoms with Crippen LogP contribution in [-0.4, -0.2) is 61.6 Å². The van der Waals surface area contributed by atoms with Crippen LogP contribution < -0.4 is 19.3 Å². The lowest BCUT2D eigenvalue weighted by Gasteiger charge is -2.37. The highest BCUT2D eigenvalue weighted by atomic mass is 32.2. The van der Waals surface area contributed by atoms with Gasteiger partial charge in [0.05, 0.1) is 5.25 Å². The number of benzene rings is 1. The van der Waals surface area contributed by atoms with E-state index in [1.165, 1.54) is 6.92 Å². The first-order valence-electron chi connectivity index (χ1n) is 11.2. The molecule has 2 atom stereocenters. The summed E-state index contributed by atoms with van der Waals surface area (Å²) in [6.07, 6.45) is 3.86. The molecule has 1 aromatic heterocycles. The van der Waals surface area contributed by atoms with Crippen molar-refractivity contribution in [2.45, 2.75) is 44.6 Å². The van der Waals surface area contributed by atoms with E-state index in [0.29, 0.717) is 6.42 Å². The van der Waals surface area contributed by atoms with Gasteiger partial charge in [0.2, 0.25) is 10.0 Å². The zero-order valence-corrected chi connectivity index (χ0v) is 20.1. The fourth-order valence-electron chi connectivity index (χ4n) is 3.66.